The minimum absolute atomic E-state index is 0.127. The molecule has 2 aromatic rings. The molecule has 0 atom stereocenters. The Morgan fingerprint density at radius 1 is 1.20 bits per heavy atom. The maximum atomic E-state index is 4.76. The summed E-state index contributed by atoms with van der Waals surface area (Å²) in [6.07, 6.45) is 0. The van der Waals surface area contributed by atoms with Gasteiger partial charge in [-0.15, -0.1) is 11.3 Å². The quantitative estimate of drug-likeness (QED) is 0.877. The number of aromatic nitrogens is 2. The van der Waals surface area contributed by atoms with Crippen molar-refractivity contribution in [2.45, 2.75) is 40.2 Å². The molecule has 0 saturated carbocycles. The predicted octanol–water partition coefficient (Wildman–Crippen LogP) is 2.80. The normalized spacial score (nSPS) is 18.8. The van der Waals surface area contributed by atoms with Gasteiger partial charge in [0.15, 0.2) is 0 Å². The Bertz CT molecular complexity index is 659. The van der Waals surface area contributed by atoms with Crippen LogP contribution in [0.1, 0.15) is 30.1 Å². The van der Waals surface area contributed by atoms with Crippen LogP contribution in [-0.4, -0.2) is 35.1 Å². The Balaban J connectivity index is 2.15. The van der Waals surface area contributed by atoms with Crippen molar-refractivity contribution in [1.29, 1.82) is 0 Å². The van der Waals surface area contributed by atoms with Crippen LogP contribution in [0.3, 0.4) is 0 Å². The molecule has 0 spiro atoms. The van der Waals surface area contributed by atoms with Crippen molar-refractivity contribution in [3.05, 3.63) is 16.3 Å². The van der Waals surface area contributed by atoms with Crippen LogP contribution < -0.4 is 10.2 Å². The number of nitrogens with zero attached hydrogens (tertiary/aromatic N) is 3. The van der Waals surface area contributed by atoms with Crippen molar-refractivity contribution in [2.75, 3.05) is 24.5 Å². The Labute approximate surface area is 124 Å². The van der Waals surface area contributed by atoms with E-state index >= 15 is 0 Å². The van der Waals surface area contributed by atoms with Crippen molar-refractivity contribution in [3.63, 3.8) is 0 Å². The highest BCUT2D eigenvalue weighted by molar-refractivity contribution is 7.18. The molecule has 108 valence electrons. The molecule has 0 aliphatic carbocycles. The molecule has 20 heavy (non-hydrogen) atoms. The second kappa shape index (κ2) is 4.67. The smallest absolute Gasteiger partial charge is 0.141 e. The Morgan fingerprint density at radius 2 is 1.95 bits per heavy atom. The first-order valence-corrected chi connectivity index (χ1v) is 7.93. The van der Waals surface area contributed by atoms with Crippen LogP contribution in [0, 0.1) is 20.8 Å². The molecule has 3 heterocycles. The maximum Gasteiger partial charge on any atom is 0.141 e. The van der Waals surface area contributed by atoms with Gasteiger partial charge in [-0.2, -0.15) is 0 Å². The minimum atomic E-state index is 0.127. The van der Waals surface area contributed by atoms with E-state index in [1.165, 1.54) is 15.8 Å². The lowest BCUT2D eigenvalue weighted by Crippen LogP contribution is -2.57. The molecule has 0 aromatic carbocycles. The van der Waals surface area contributed by atoms with Crippen molar-refractivity contribution < 1.29 is 0 Å². The van der Waals surface area contributed by atoms with Gasteiger partial charge in [0.2, 0.25) is 0 Å². The largest absolute Gasteiger partial charge is 0.353 e. The fraction of sp³-hybridized carbons (Fsp3) is 0.600. The van der Waals surface area contributed by atoms with Crippen LogP contribution in [-0.2, 0) is 0 Å². The van der Waals surface area contributed by atoms with E-state index in [-0.39, 0.29) is 5.54 Å². The topological polar surface area (TPSA) is 41.1 Å². The number of piperazine rings is 1. The number of nitrogens with one attached hydrogen (secondary N) is 1. The molecule has 0 unspecified atom stereocenters. The van der Waals surface area contributed by atoms with Gasteiger partial charge in [-0.05, 0) is 40.2 Å². The Hall–Kier alpha value is -1.20. The van der Waals surface area contributed by atoms with E-state index in [0.29, 0.717) is 0 Å². The monoisotopic (exact) mass is 290 g/mol. The number of aryl methyl sites for hydroxylation is 3. The van der Waals surface area contributed by atoms with E-state index in [1.54, 1.807) is 11.3 Å². The third kappa shape index (κ3) is 2.29. The molecule has 1 aliphatic heterocycles. The summed E-state index contributed by atoms with van der Waals surface area (Å²) < 4.78 is 0. The maximum absolute atomic E-state index is 4.76. The third-order valence-electron chi connectivity index (χ3n) is 3.99. The van der Waals surface area contributed by atoms with Gasteiger partial charge in [0, 0.05) is 30.1 Å². The van der Waals surface area contributed by atoms with E-state index in [9.17, 15) is 0 Å². The first-order valence-electron chi connectivity index (χ1n) is 7.12. The van der Waals surface area contributed by atoms with Crippen LogP contribution in [0.2, 0.25) is 0 Å². The van der Waals surface area contributed by atoms with Crippen LogP contribution in [0.5, 0.6) is 0 Å². The number of rotatable bonds is 1. The van der Waals surface area contributed by atoms with E-state index < -0.39 is 0 Å². The Kier molecular flexibility index (Phi) is 3.21. The zero-order valence-corrected chi connectivity index (χ0v) is 13.7. The standard InChI is InChI=1S/C15H22N4S/c1-9-10(2)20-14-12(9)13(17-11(3)18-14)19-7-6-16-15(4,5)8-19/h16H,6-8H2,1-5H3. The summed E-state index contributed by atoms with van der Waals surface area (Å²) in [5, 5.41) is 4.80. The van der Waals surface area contributed by atoms with Gasteiger partial charge in [0.05, 0.1) is 5.39 Å². The van der Waals surface area contributed by atoms with Gasteiger partial charge in [-0.3, -0.25) is 0 Å². The SMILES string of the molecule is Cc1nc(N2CCNC(C)(C)C2)c2c(C)c(C)sc2n1. The molecule has 3 rings (SSSR count). The van der Waals surface area contributed by atoms with E-state index in [0.717, 1.165) is 36.1 Å². The van der Waals surface area contributed by atoms with Crippen LogP contribution >= 0.6 is 11.3 Å². The number of thiophene rings is 1. The lowest BCUT2D eigenvalue weighted by atomic mass is 10.0. The molecular formula is C15H22N4S. The summed E-state index contributed by atoms with van der Waals surface area (Å²) in [7, 11) is 0. The van der Waals surface area contributed by atoms with Crippen molar-refractivity contribution >= 4 is 27.4 Å². The van der Waals surface area contributed by atoms with E-state index in [2.05, 4.69) is 42.9 Å². The second-order valence-corrected chi connectivity index (χ2v) is 7.49. The lowest BCUT2D eigenvalue weighted by molar-refractivity contribution is 0.352. The van der Waals surface area contributed by atoms with Crippen LogP contribution in [0.4, 0.5) is 5.82 Å². The van der Waals surface area contributed by atoms with Crippen LogP contribution in [0.25, 0.3) is 10.2 Å². The molecule has 0 bridgehead atoms. The molecule has 4 nitrogen and oxygen atoms in total. The first kappa shape index (κ1) is 13.8. The number of fused-ring (bicyclic) bond motifs is 1. The van der Waals surface area contributed by atoms with Gasteiger partial charge >= 0.3 is 0 Å². The zero-order valence-electron chi connectivity index (χ0n) is 12.9. The summed E-state index contributed by atoms with van der Waals surface area (Å²) in [6.45, 7) is 13.8. The number of hydrogen-bond donors (Lipinski definition) is 1. The summed E-state index contributed by atoms with van der Waals surface area (Å²) in [5.41, 5.74) is 1.46. The molecule has 1 saturated heterocycles. The van der Waals surface area contributed by atoms with Gasteiger partial charge in [0.1, 0.15) is 16.5 Å². The van der Waals surface area contributed by atoms with Crippen molar-refractivity contribution in [1.82, 2.24) is 15.3 Å². The van der Waals surface area contributed by atoms with E-state index in [4.69, 9.17) is 4.98 Å². The van der Waals surface area contributed by atoms with Gasteiger partial charge in [-0.25, -0.2) is 9.97 Å². The lowest BCUT2D eigenvalue weighted by Gasteiger charge is -2.40. The highest BCUT2D eigenvalue weighted by atomic mass is 32.1. The predicted molar refractivity (Wildman–Crippen MR) is 85.9 cm³/mol. The number of hydrogen-bond acceptors (Lipinski definition) is 5. The molecule has 1 aliphatic rings. The first-order chi connectivity index (χ1) is 9.37. The molecule has 0 amide bonds. The molecule has 2 aromatic heterocycles. The molecule has 1 fully saturated rings. The highest BCUT2D eigenvalue weighted by Gasteiger charge is 2.28. The van der Waals surface area contributed by atoms with E-state index in [1.807, 2.05) is 6.92 Å². The summed E-state index contributed by atoms with van der Waals surface area (Å²) in [5.74, 6) is 1.98. The molecule has 0 radical (unpaired) electrons. The summed E-state index contributed by atoms with van der Waals surface area (Å²) in [4.78, 5) is 14.2. The average Bonchev–Trinajstić information content (AvgIpc) is 2.62. The molecular weight excluding hydrogens is 268 g/mol. The zero-order chi connectivity index (χ0) is 14.5. The third-order valence-corrected chi connectivity index (χ3v) is 5.09. The second-order valence-electron chi connectivity index (χ2n) is 6.29. The fourth-order valence-corrected chi connectivity index (χ4v) is 3.95. The highest BCUT2D eigenvalue weighted by Crippen LogP contribution is 2.35. The summed E-state index contributed by atoms with van der Waals surface area (Å²) >= 11 is 1.78. The fourth-order valence-electron chi connectivity index (χ4n) is 2.88. The van der Waals surface area contributed by atoms with Crippen molar-refractivity contribution in [3.8, 4) is 0 Å². The molecule has 1 N–H and O–H groups in total. The van der Waals surface area contributed by atoms with Crippen molar-refractivity contribution in [2.24, 2.45) is 0 Å². The van der Waals surface area contributed by atoms with Crippen LogP contribution in [0.15, 0.2) is 0 Å². The minimum Gasteiger partial charge on any atom is -0.353 e. The Morgan fingerprint density at radius 3 is 2.65 bits per heavy atom. The van der Waals surface area contributed by atoms with Gasteiger partial charge in [-0.1, -0.05) is 0 Å². The van der Waals surface area contributed by atoms with Gasteiger partial charge < -0.3 is 10.2 Å². The number of anilines is 1. The average molecular weight is 290 g/mol. The summed E-state index contributed by atoms with van der Waals surface area (Å²) in [6, 6.07) is 0. The molecule has 5 heteroatoms. The van der Waals surface area contributed by atoms with Gasteiger partial charge in [0.25, 0.3) is 0 Å².